The van der Waals surface area contributed by atoms with Crippen molar-refractivity contribution in [1.82, 2.24) is 5.32 Å². The van der Waals surface area contributed by atoms with Crippen molar-refractivity contribution in [3.8, 4) is 0 Å². The quantitative estimate of drug-likeness (QED) is 0.0655. The maximum absolute atomic E-state index is 11.3. The molecule has 0 saturated carbocycles. The first-order valence-electron chi connectivity index (χ1n) is 8.71. The molecule has 196 valence electrons. The van der Waals surface area contributed by atoms with Crippen molar-refractivity contribution in [2.75, 3.05) is 6.61 Å². The molecule has 37 heavy (non-hydrogen) atoms. The van der Waals surface area contributed by atoms with Crippen LogP contribution in [0.4, 0.5) is 0 Å². The van der Waals surface area contributed by atoms with E-state index in [1.54, 1.807) is 0 Å². The molecule has 1 heterocycles. The average Bonchev–Trinajstić information content (AvgIpc) is 2.68. The molecule has 1 aliphatic heterocycles. The molecule has 0 unspecified atom stereocenters. The van der Waals surface area contributed by atoms with Crippen LogP contribution in [0.2, 0.25) is 0 Å². The van der Waals surface area contributed by atoms with Gasteiger partial charge in [-0.1, -0.05) is 0 Å². The van der Waals surface area contributed by atoms with E-state index < -0.39 is 87.9 Å². The van der Waals surface area contributed by atoms with Gasteiger partial charge in [0.1, 0.15) is 48.5 Å². The van der Waals surface area contributed by atoms with Crippen LogP contribution in [0.3, 0.4) is 0 Å². The first-order chi connectivity index (χ1) is 15.4. The third-order valence-corrected chi connectivity index (χ3v) is 4.76. The maximum Gasteiger partial charge on any atom is 1.00 e. The number of carbonyl (C=O) groups excluding carboxylic acids is 3. The molecule has 0 fully saturated rings. The fraction of sp³-hybridized carbons (Fsp3) is 0.643. The van der Waals surface area contributed by atoms with Crippen LogP contribution in [-0.2, 0) is 53.0 Å². The summed E-state index contributed by atoms with van der Waals surface area (Å²) in [6.45, 7) is -0.536. The van der Waals surface area contributed by atoms with E-state index in [-0.39, 0.29) is 95.0 Å². The van der Waals surface area contributed by atoms with Gasteiger partial charge in [-0.15, -0.1) is 0 Å². The Morgan fingerprint density at radius 3 is 2.11 bits per heavy atom. The first-order valence-corrected chi connectivity index (χ1v) is 11.4. The maximum atomic E-state index is 11.3. The SMILES string of the molecule is CC(=O)N[C@@H](C=O)[C@@H](O)[C@H](O[C@@H]1OC(C(=O)[O-])=C[C@H](O)[C@H]1OS(=O)(=O)[O-])[C@H](O)COS(=O)(=O)[O-].[Na+].[Na+].[Na+]. The largest absolute Gasteiger partial charge is 1.00 e. The van der Waals surface area contributed by atoms with Crippen molar-refractivity contribution in [2.24, 2.45) is 0 Å². The van der Waals surface area contributed by atoms with Crippen molar-refractivity contribution in [3.05, 3.63) is 11.8 Å². The molecule has 1 aliphatic rings. The summed E-state index contributed by atoms with van der Waals surface area (Å²) in [5.41, 5.74) is 0. The van der Waals surface area contributed by atoms with Crippen molar-refractivity contribution < 1.29 is 167 Å². The molecule has 4 N–H and O–H groups in total. The number of amides is 1. The zero-order valence-corrected chi connectivity index (χ0v) is 27.4. The zero-order valence-electron chi connectivity index (χ0n) is 19.8. The Hall–Kier alpha value is 0.730. The van der Waals surface area contributed by atoms with E-state index in [9.17, 15) is 60.8 Å². The van der Waals surface area contributed by atoms with E-state index in [0.717, 1.165) is 6.92 Å². The van der Waals surface area contributed by atoms with Crippen molar-refractivity contribution in [2.45, 2.75) is 49.8 Å². The minimum Gasteiger partial charge on any atom is -0.726 e. The van der Waals surface area contributed by atoms with Crippen LogP contribution in [0, 0.1) is 0 Å². The van der Waals surface area contributed by atoms with Gasteiger partial charge in [-0.2, -0.15) is 0 Å². The molecule has 0 aromatic carbocycles. The minimum absolute atomic E-state index is 0. The van der Waals surface area contributed by atoms with Gasteiger partial charge in [-0.3, -0.25) is 13.2 Å². The summed E-state index contributed by atoms with van der Waals surface area (Å²) in [5.74, 6) is -4.16. The molecule has 1 rings (SSSR count). The van der Waals surface area contributed by atoms with Crippen LogP contribution in [0.15, 0.2) is 11.8 Å². The molecule has 7 atom stereocenters. The number of ether oxygens (including phenoxy) is 2. The van der Waals surface area contributed by atoms with Gasteiger partial charge in [0, 0.05) is 6.92 Å². The Balaban J connectivity index is -0.00000385. The summed E-state index contributed by atoms with van der Waals surface area (Å²) < 4.78 is 82.5. The number of rotatable bonds is 13. The summed E-state index contributed by atoms with van der Waals surface area (Å²) in [6.07, 6.45) is -13.8. The molecule has 0 radical (unpaired) electrons. The van der Waals surface area contributed by atoms with Crippen LogP contribution in [0.25, 0.3) is 0 Å². The van der Waals surface area contributed by atoms with Crippen LogP contribution in [0.5, 0.6) is 0 Å². The number of nitrogens with one attached hydrogen (secondary N) is 1. The third-order valence-electron chi connectivity index (χ3n) is 3.87. The second kappa shape index (κ2) is 18.2. The molecule has 18 nitrogen and oxygen atoms in total. The number of hydrogen-bond acceptors (Lipinski definition) is 17. The van der Waals surface area contributed by atoms with Crippen molar-refractivity contribution >= 4 is 39.0 Å². The number of carboxylic acid groups (broad SMARTS) is 1. The van der Waals surface area contributed by atoms with Gasteiger partial charge in [-0.05, 0) is 6.08 Å². The molecule has 0 aromatic heterocycles. The summed E-state index contributed by atoms with van der Waals surface area (Å²) in [7, 11) is -11.0. The fourth-order valence-corrected chi connectivity index (χ4v) is 3.33. The fourth-order valence-electron chi connectivity index (χ4n) is 2.54. The van der Waals surface area contributed by atoms with Gasteiger partial charge in [0.15, 0.2) is 6.10 Å². The van der Waals surface area contributed by atoms with Crippen LogP contribution in [0.1, 0.15) is 6.92 Å². The smallest absolute Gasteiger partial charge is 0.726 e. The molecular formula is C14H18NNa3O17S2. The molecule has 0 spiro atoms. The molecule has 23 heteroatoms. The Labute approximate surface area is 276 Å². The van der Waals surface area contributed by atoms with Crippen molar-refractivity contribution in [1.29, 1.82) is 0 Å². The molecule has 1 amide bonds. The Kier molecular flexibility index (Phi) is 20.8. The Bertz CT molecular complexity index is 1010. The average molecular weight is 605 g/mol. The van der Waals surface area contributed by atoms with Crippen LogP contribution in [-0.4, -0.2) is 109 Å². The summed E-state index contributed by atoms with van der Waals surface area (Å²) in [4.78, 5) is 33.6. The van der Waals surface area contributed by atoms with Gasteiger partial charge in [0.05, 0.1) is 6.61 Å². The van der Waals surface area contributed by atoms with Gasteiger partial charge in [0.25, 0.3) is 0 Å². The minimum atomic E-state index is -5.62. The number of aliphatic carboxylic acids is 1. The number of hydrogen-bond donors (Lipinski definition) is 4. The van der Waals surface area contributed by atoms with E-state index in [2.05, 4.69) is 8.37 Å². The van der Waals surface area contributed by atoms with Crippen molar-refractivity contribution in [3.63, 3.8) is 0 Å². The predicted octanol–water partition coefficient (Wildman–Crippen LogP) is -15.5. The molecular weight excluding hydrogens is 587 g/mol. The van der Waals surface area contributed by atoms with Crippen LogP contribution >= 0.6 is 0 Å². The zero-order chi connectivity index (χ0) is 26.4. The number of carbonyl (C=O) groups is 3. The van der Waals surface area contributed by atoms with Gasteiger partial charge in [-0.25, -0.2) is 16.8 Å². The molecule has 0 saturated heterocycles. The van der Waals surface area contributed by atoms with E-state index >= 15 is 0 Å². The number of aldehydes is 1. The number of aliphatic hydroxyl groups excluding tert-OH is 3. The van der Waals surface area contributed by atoms with E-state index in [4.69, 9.17) is 9.47 Å². The standard InChI is InChI=1S/C14H21NO17S2.3Na/c1-5(17)15-6(3-16)10(20)11(8(19)4-29-33(23,24)25)31-14-12(32-34(26,27)28)7(18)2-9(30-14)13(21)22;;;/h2-3,6-8,10-12,14,18-20H,4H2,1H3,(H,15,17)(H,21,22)(H,23,24,25)(H,26,27,28);;;/q;3*+1/p-3/t6-,7-,8+,10+,11+,12+,14-;;;/m0.../s1. The summed E-state index contributed by atoms with van der Waals surface area (Å²) in [5, 5.41) is 43.5. The Morgan fingerprint density at radius 1 is 1.16 bits per heavy atom. The summed E-state index contributed by atoms with van der Waals surface area (Å²) in [6, 6.07) is -1.90. The van der Waals surface area contributed by atoms with Crippen LogP contribution < -0.4 is 99.1 Å². The Morgan fingerprint density at radius 2 is 1.70 bits per heavy atom. The number of aliphatic hydroxyl groups is 3. The van der Waals surface area contributed by atoms with E-state index in [1.165, 1.54) is 0 Å². The second-order valence-electron chi connectivity index (χ2n) is 6.48. The molecule has 0 aliphatic carbocycles. The van der Waals surface area contributed by atoms with Gasteiger partial charge in [0.2, 0.25) is 33.0 Å². The first kappa shape index (κ1) is 42.2. The second-order valence-corrected chi connectivity index (χ2v) is 8.54. The molecule has 0 bridgehead atoms. The molecule has 0 aromatic rings. The van der Waals surface area contributed by atoms with E-state index in [0.29, 0.717) is 6.08 Å². The van der Waals surface area contributed by atoms with E-state index in [1.807, 2.05) is 5.32 Å². The monoisotopic (exact) mass is 605 g/mol. The topological polar surface area (TPSA) is 298 Å². The normalized spacial score (nSPS) is 22.6. The van der Waals surface area contributed by atoms with Gasteiger partial charge < -0.3 is 53.9 Å². The number of carboxylic acids is 1. The predicted molar refractivity (Wildman–Crippen MR) is 94.7 cm³/mol. The van der Waals surface area contributed by atoms with Gasteiger partial charge >= 0.3 is 88.7 Å². The summed E-state index contributed by atoms with van der Waals surface area (Å²) >= 11 is 0. The third kappa shape index (κ3) is 15.3.